The Balaban J connectivity index is 1.98. The molecular formula is C25H25N3O2. The van der Waals surface area contributed by atoms with Crippen LogP contribution in [0.3, 0.4) is 0 Å². The van der Waals surface area contributed by atoms with E-state index in [0.717, 1.165) is 16.5 Å². The number of benzene rings is 3. The minimum Gasteiger partial charge on any atom is -0.336 e. The van der Waals surface area contributed by atoms with Gasteiger partial charge in [-0.2, -0.15) is 0 Å². The molecule has 152 valence electrons. The topological polar surface area (TPSA) is 55.2 Å². The Hall–Kier alpha value is -3.47. The highest BCUT2D eigenvalue weighted by molar-refractivity contribution is 5.85. The standard InChI is InChI=1S/C25H25N3O2/c1-16(2)24(29)27(4)17(3)23-26-22-12-8-7-11-21(22)25(30)28(23)20-14-13-18-9-5-6-10-19(18)15-20/h5-17H,1-4H3. The van der Waals surface area contributed by atoms with Gasteiger partial charge in [-0.25, -0.2) is 4.98 Å². The second kappa shape index (κ2) is 7.75. The van der Waals surface area contributed by atoms with E-state index in [1.807, 2.05) is 81.4 Å². The van der Waals surface area contributed by atoms with Gasteiger partial charge in [0.15, 0.2) is 0 Å². The fourth-order valence-electron chi connectivity index (χ4n) is 3.77. The summed E-state index contributed by atoms with van der Waals surface area (Å²) in [5.41, 5.74) is 1.24. The lowest BCUT2D eigenvalue weighted by atomic mass is 10.1. The molecule has 3 aromatic carbocycles. The van der Waals surface area contributed by atoms with E-state index >= 15 is 0 Å². The Morgan fingerprint density at radius 3 is 2.33 bits per heavy atom. The Morgan fingerprint density at radius 1 is 0.933 bits per heavy atom. The maximum absolute atomic E-state index is 13.5. The third-order valence-electron chi connectivity index (χ3n) is 5.59. The molecule has 30 heavy (non-hydrogen) atoms. The lowest BCUT2D eigenvalue weighted by Gasteiger charge is -2.28. The van der Waals surface area contributed by atoms with Gasteiger partial charge in [0.1, 0.15) is 5.82 Å². The highest BCUT2D eigenvalue weighted by Crippen LogP contribution is 2.25. The van der Waals surface area contributed by atoms with Crippen molar-refractivity contribution < 1.29 is 4.79 Å². The Bertz CT molecular complexity index is 1310. The lowest BCUT2D eigenvalue weighted by Crippen LogP contribution is -2.36. The predicted octanol–water partition coefficient (Wildman–Crippen LogP) is 4.71. The number of carbonyl (C=O) groups excluding carboxylic acids is 1. The number of hydrogen-bond donors (Lipinski definition) is 0. The molecule has 0 bridgehead atoms. The van der Waals surface area contributed by atoms with Crippen LogP contribution in [-0.2, 0) is 4.79 Å². The van der Waals surface area contributed by atoms with E-state index < -0.39 is 0 Å². The number of hydrogen-bond acceptors (Lipinski definition) is 3. The summed E-state index contributed by atoms with van der Waals surface area (Å²) in [6, 6.07) is 20.9. The first kappa shape index (κ1) is 19.8. The molecule has 1 unspecified atom stereocenters. The van der Waals surface area contributed by atoms with Crippen LogP contribution in [0.2, 0.25) is 0 Å². The zero-order valence-corrected chi connectivity index (χ0v) is 17.7. The molecule has 4 rings (SSSR count). The second-order valence-electron chi connectivity index (χ2n) is 7.94. The molecular weight excluding hydrogens is 374 g/mol. The molecule has 5 heteroatoms. The van der Waals surface area contributed by atoms with Gasteiger partial charge in [0.2, 0.25) is 5.91 Å². The number of para-hydroxylation sites is 1. The van der Waals surface area contributed by atoms with Gasteiger partial charge in [-0.15, -0.1) is 0 Å². The third-order valence-corrected chi connectivity index (χ3v) is 5.59. The second-order valence-corrected chi connectivity index (χ2v) is 7.94. The van der Waals surface area contributed by atoms with Crippen LogP contribution in [0.25, 0.3) is 27.4 Å². The normalized spacial score (nSPS) is 12.4. The van der Waals surface area contributed by atoms with E-state index in [4.69, 9.17) is 4.98 Å². The number of carbonyl (C=O) groups is 1. The molecule has 0 aliphatic carbocycles. The molecule has 1 amide bonds. The van der Waals surface area contributed by atoms with Gasteiger partial charge in [0, 0.05) is 13.0 Å². The fraction of sp³-hybridized carbons (Fsp3) is 0.240. The third kappa shape index (κ3) is 3.36. The van der Waals surface area contributed by atoms with Crippen LogP contribution in [0.4, 0.5) is 0 Å². The van der Waals surface area contributed by atoms with Gasteiger partial charge in [0.25, 0.3) is 5.56 Å². The summed E-state index contributed by atoms with van der Waals surface area (Å²) in [6.07, 6.45) is 0. The molecule has 4 aromatic rings. The number of aromatic nitrogens is 2. The first-order valence-corrected chi connectivity index (χ1v) is 10.2. The molecule has 1 heterocycles. The summed E-state index contributed by atoms with van der Waals surface area (Å²) < 4.78 is 1.64. The lowest BCUT2D eigenvalue weighted by molar-refractivity contribution is -0.135. The fourth-order valence-corrected chi connectivity index (χ4v) is 3.77. The molecule has 0 N–H and O–H groups in total. The molecule has 0 aliphatic heterocycles. The summed E-state index contributed by atoms with van der Waals surface area (Å²) in [4.78, 5) is 32.7. The average Bonchev–Trinajstić information content (AvgIpc) is 2.77. The molecule has 0 radical (unpaired) electrons. The van der Waals surface area contributed by atoms with Crippen molar-refractivity contribution in [1.29, 1.82) is 0 Å². The molecule has 0 spiro atoms. The SMILES string of the molecule is CC(C)C(=O)N(C)C(C)c1nc2ccccc2c(=O)n1-c1ccc2ccccc2c1. The van der Waals surface area contributed by atoms with Crippen LogP contribution in [0.1, 0.15) is 32.6 Å². The minimum absolute atomic E-state index is 0.00923. The van der Waals surface area contributed by atoms with Crippen LogP contribution < -0.4 is 5.56 Å². The largest absolute Gasteiger partial charge is 0.336 e. The van der Waals surface area contributed by atoms with Crippen molar-refractivity contribution in [2.45, 2.75) is 26.8 Å². The smallest absolute Gasteiger partial charge is 0.266 e. The van der Waals surface area contributed by atoms with E-state index in [1.54, 1.807) is 22.6 Å². The van der Waals surface area contributed by atoms with Gasteiger partial charge >= 0.3 is 0 Å². The highest BCUT2D eigenvalue weighted by atomic mass is 16.2. The van der Waals surface area contributed by atoms with Crippen LogP contribution in [-0.4, -0.2) is 27.4 Å². The van der Waals surface area contributed by atoms with Crippen molar-refractivity contribution >= 4 is 27.6 Å². The highest BCUT2D eigenvalue weighted by Gasteiger charge is 2.25. The van der Waals surface area contributed by atoms with Crippen LogP contribution in [0.5, 0.6) is 0 Å². The average molecular weight is 399 g/mol. The Morgan fingerprint density at radius 2 is 1.60 bits per heavy atom. The Kier molecular flexibility index (Phi) is 5.12. The van der Waals surface area contributed by atoms with E-state index in [-0.39, 0.29) is 23.4 Å². The van der Waals surface area contributed by atoms with Crippen molar-refractivity contribution in [2.75, 3.05) is 7.05 Å². The molecule has 0 fully saturated rings. The number of nitrogens with zero attached hydrogens (tertiary/aromatic N) is 3. The van der Waals surface area contributed by atoms with Gasteiger partial charge in [-0.05, 0) is 42.0 Å². The Labute approximate surface area is 175 Å². The number of fused-ring (bicyclic) bond motifs is 2. The van der Waals surface area contributed by atoms with Crippen molar-refractivity contribution in [3.63, 3.8) is 0 Å². The van der Waals surface area contributed by atoms with Crippen LogP contribution in [0, 0.1) is 5.92 Å². The first-order valence-electron chi connectivity index (χ1n) is 10.2. The molecule has 1 aromatic heterocycles. The summed E-state index contributed by atoms with van der Waals surface area (Å²) in [5, 5.41) is 2.70. The molecule has 0 aliphatic rings. The van der Waals surface area contributed by atoms with Crippen LogP contribution in [0.15, 0.2) is 71.5 Å². The van der Waals surface area contributed by atoms with E-state index in [2.05, 4.69) is 0 Å². The summed E-state index contributed by atoms with van der Waals surface area (Å²) in [7, 11) is 1.76. The molecule has 5 nitrogen and oxygen atoms in total. The number of rotatable bonds is 4. The van der Waals surface area contributed by atoms with Crippen molar-refractivity contribution in [1.82, 2.24) is 14.5 Å². The summed E-state index contributed by atoms with van der Waals surface area (Å²) in [5.74, 6) is 0.416. The molecule has 1 atom stereocenters. The molecule has 0 saturated heterocycles. The molecule has 0 saturated carbocycles. The van der Waals surface area contributed by atoms with E-state index in [0.29, 0.717) is 16.7 Å². The van der Waals surface area contributed by atoms with Gasteiger partial charge in [0.05, 0.1) is 22.6 Å². The quantitative estimate of drug-likeness (QED) is 0.499. The minimum atomic E-state index is -0.372. The van der Waals surface area contributed by atoms with E-state index in [1.165, 1.54) is 0 Å². The zero-order valence-electron chi connectivity index (χ0n) is 17.7. The zero-order chi connectivity index (χ0) is 21.4. The predicted molar refractivity (Wildman–Crippen MR) is 121 cm³/mol. The van der Waals surface area contributed by atoms with Crippen LogP contribution >= 0.6 is 0 Å². The van der Waals surface area contributed by atoms with Gasteiger partial charge in [-0.3, -0.25) is 14.2 Å². The van der Waals surface area contributed by atoms with Gasteiger partial charge in [-0.1, -0.05) is 56.3 Å². The van der Waals surface area contributed by atoms with Crippen molar-refractivity contribution in [3.8, 4) is 5.69 Å². The van der Waals surface area contributed by atoms with Crippen molar-refractivity contribution in [2.24, 2.45) is 5.92 Å². The first-order chi connectivity index (χ1) is 14.4. The summed E-state index contributed by atoms with van der Waals surface area (Å²) >= 11 is 0. The monoisotopic (exact) mass is 399 g/mol. The van der Waals surface area contributed by atoms with E-state index in [9.17, 15) is 9.59 Å². The maximum atomic E-state index is 13.5. The van der Waals surface area contributed by atoms with Gasteiger partial charge < -0.3 is 4.90 Å². The summed E-state index contributed by atoms with van der Waals surface area (Å²) in [6.45, 7) is 5.65. The maximum Gasteiger partial charge on any atom is 0.266 e. The number of amides is 1. The van der Waals surface area contributed by atoms with Crippen molar-refractivity contribution in [3.05, 3.63) is 82.9 Å².